The summed E-state index contributed by atoms with van der Waals surface area (Å²) >= 11 is 0. The van der Waals surface area contributed by atoms with E-state index in [2.05, 4.69) is 15.3 Å². The highest BCUT2D eigenvalue weighted by molar-refractivity contribution is 5.93. The summed E-state index contributed by atoms with van der Waals surface area (Å²) in [7, 11) is 0. The van der Waals surface area contributed by atoms with Gasteiger partial charge in [0.25, 0.3) is 0 Å². The van der Waals surface area contributed by atoms with Crippen molar-refractivity contribution in [3.8, 4) is 0 Å². The van der Waals surface area contributed by atoms with Crippen molar-refractivity contribution in [1.82, 2.24) is 9.97 Å². The first-order valence-corrected chi connectivity index (χ1v) is 5.11. The Bertz CT molecular complexity index is 581. The molecule has 7 heteroatoms. The zero-order valence-electron chi connectivity index (χ0n) is 9.42. The summed E-state index contributed by atoms with van der Waals surface area (Å²) < 4.78 is 0. The first-order chi connectivity index (χ1) is 8.58. The molecule has 2 rings (SSSR count). The third kappa shape index (κ3) is 2.29. The molecule has 92 valence electrons. The Morgan fingerprint density at radius 3 is 2.39 bits per heavy atom. The normalized spacial score (nSPS) is 10.0. The molecule has 0 aliphatic rings. The van der Waals surface area contributed by atoms with Crippen LogP contribution in [0.2, 0.25) is 0 Å². The number of primary amides is 1. The number of anilines is 4. The summed E-state index contributed by atoms with van der Waals surface area (Å²) in [4.78, 5) is 18.6. The summed E-state index contributed by atoms with van der Waals surface area (Å²) in [6, 6.07) is 6.59. The lowest BCUT2D eigenvalue weighted by molar-refractivity contribution is 0.100. The van der Waals surface area contributed by atoms with E-state index in [0.29, 0.717) is 17.1 Å². The smallest absolute Gasteiger partial charge is 0.248 e. The quantitative estimate of drug-likeness (QED) is 0.620. The van der Waals surface area contributed by atoms with Gasteiger partial charge >= 0.3 is 0 Å². The number of nitrogens with one attached hydrogen (secondary N) is 1. The van der Waals surface area contributed by atoms with Crippen molar-refractivity contribution >= 4 is 28.9 Å². The molecule has 18 heavy (non-hydrogen) atoms. The number of benzene rings is 1. The Labute approximate surface area is 103 Å². The third-order valence-corrected chi connectivity index (χ3v) is 2.35. The molecule has 7 N–H and O–H groups in total. The van der Waals surface area contributed by atoms with E-state index in [1.165, 1.54) is 6.33 Å². The van der Waals surface area contributed by atoms with Crippen LogP contribution in [0, 0.1) is 0 Å². The molecule has 0 bridgehead atoms. The molecule has 0 fully saturated rings. The predicted molar refractivity (Wildman–Crippen MR) is 69.1 cm³/mol. The van der Waals surface area contributed by atoms with Crippen LogP contribution in [0.4, 0.5) is 23.0 Å². The van der Waals surface area contributed by atoms with Crippen LogP contribution in [0.25, 0.3) is 0 Å². The lowest BCUT2D eigenvalue weighted by atomic mass is 10.2. The number of nitrogens with two attached hydrogens (primary N) is 3. The zero-order chi connectivity index (χ0) is 13.1. The number of aromatic nitrogens is 2. The molecule has 1 aromatic carbocycles. The highest BCUT2D eigenvalue weighted by Crippen LogP contribution is 2.23. The third-order valence-electron chi connectivity index (χ3n) is 2.35. The molecule has 1 heterocycles. The van der Waals surface area contributed by atoms with Gasteiger partial charge in [-0.15, -0.1) is 0 Å². The van der Waals surface area contributed by atoms with Crippen LogP contribution >= 0.6 is 0 Å². The fourth-order valence-corrected chi connectivity index (χ4v) is 1.36. The minimum absolute atomic E-state index is 0.209. The van der Waals surface area contributed by atoms with E-state index in [0.717, 1.165) is 0 Å². The van der Waals surface area contributed by atoms with Crippen molar-refractivity contribution in [2.24, 2.45) is 5.73 Å². The van der Waals surface area contributed by atoms with Crippen LogP contribution in [-0.2, 0) is 0 Å². The Kier molecular flexibility index (Phi) is 2.96. The molecule has 2 aromatic rings. The molecule has 0 aliphatic heterocycles. The summed E-state index contributed by atoms with van der Waals surface area (Å²) in [5.74, 6) is 0.142. The molecule has 1 amide bonds. The van der Waals surface area contributed by atoms with E-state index in [-0.39, 0.29) is 11.5 Å². The molecular formula is C11H12N6O. The number of amides is 1. The van der Waals surface area contributed by atoms with Crippen LogP contribution in [0.5, 0.6) is 0 Å². The van der Waals surface area contributed by atoms with E-state index in [4.69, 9.17) is 17.2 Å². The topological polar surface area (TPSA) is 133 Å². The van der Waals surface area contributed by atoms with Gasteiger partial charge in [0.1, 0.15) is 12.0 Å². The molecule has 0 unspecified atom stereocenters. The van der Waals surface area contributed by atoms with Crippen molar-refractivity contribution in [3.05, 3.63) is 36.2 Å². The average Bonchev–Trinajstić information content (AvgIpc) is 2.36. The maximum atomic E-state index is 10.9. The second kappa shape index (κ2) is 4.58. The predicted octanol–water partition coefficient (Wildman–Crippen LogP) is 0.483. The highest BCUT2D eigenvalue weighted by Gasteiger charge is 2.06. The Morgan fingerprint density at radius 1 is 1.11 bits per heavy atom. The van der Waals surface area contributed by atoms with Crippen LogP contribution in [0.1, 0.15) is 10.4 Å². The van der Waals surface area contributed by atoms with Crippen LogP contribution in [0.3, 0.4) is 0 Å². The van der Waals surface area contributed by atoms with E-state index in [1.54, 1.807) is 24.3 Å². The van der Waals surface area contributed by atoms with Crippen LogP contribution in [0.15, 0.2) is 30.6 Å². The number of nitrogens with zero attached hydrogens (tertiary/aromatic N) is 2. The first-order valence-electron chi connectivity index (χ1n) is 5.11. The number of rotatable bonds is 3. The molecule has 0 aliphatic carbocycles. The zero-order valence-corrected chi connectivity index (χ0v) is 9.42. The number of carbonyl (C=O) groups excluding carboxylic acids is 1. The van der Waals surface area contributed by atoms with Crippen LogP contribution < -0.4 is 22.5 Å². The number of nitrogen functional groups attached to an aromatic ring is 2. The maximum Gasteiger partial charge on any atom is 0.248 e. The fourth-order valence-electron chi connectivity index (χ4n) is 1.36. The van der Waals surface area contributed by atoms with Gasteiger partial charge in [0.2, 0.25) is 5.91 Å². The largest absolute Gasteiger partial charge is 0.393 e. The Morgan fingerprint density at radius 2 is 1.78 bits per heavy atom. The number of hydrogen-bond donors (Lipinski definition) is 4. The summed E-state index contributed by atoms with van der Waals surface area (Å²) in [5, 5.41) is 2.97. The summed E-state index contributed by atoms with van der Waals surface area (Å²) in [5.41, 5.74) is 17.8. The minimum Gasteiger partial charge on any atom is -0.393 e. The van der Waals surface area contributed by atoms with Gasteiger partial charge in [-0.05, 0) is 24.3 Å². The summed E-state index contributed by atoms with van der Waals surface area (Å²) in [6.45, 7) is 0. The molecule has 0 atom stereocenters. The lowest BCUT2D eigenvalue weighted by Gasteiger charge is -2.09. The maximum absolute atomic E-state index is 10.9. The molecule has 0 radical (unpaired) electrons. The van der Waals surface area contributed by atoms with Gasteiger partial charge in [-0.2, -0.15) is 0 Å². The van der Waals surface area contributed by atoms with Gasteiger partial charge in [0.05, 0.1) is 0 Å². The lowest BCUT2D eigenvalue weighted by Crippen LogP contribution is -2.10. The monoisotopic (exact) mass is 244 g/mol. The van der Waals surface area contributed by atoms with Gasteiger partial charge in [0, 0.05) is 11.3 Å². The fraction of sp³-hybridized carbons (Fsp3) is 0. The molecule has 0 saturated carbocycles. The second-order valence-corrected chi connectivity index (χ2v) is 3.59. The molecule has 0 saturated heterocycles. The first kappa shape index (κ1) is 11.6. The number of hydrogen-bond acceptors (Lipinski definition) is 6. The SMILES string of the molecule is NC(=O)c1ccc(Nc2ncnc(N)c2N)cc1. The van der Waals surface area contributed by atoms with Crippen molar-refractivity contribution in [3.63, 3.8) is 0 Å². The standard InChI is InChI=1S/C11H12N6O/c12-8-9(13)15-5-16-11(8)17-7-3-1-6(2-4-7)10(14)18/h1-5H,12H2,(H2,14,18)(H3,13,15,16,17). The van der Waals surface area contributed by atoms with Crippen molar-refractivity contribution in [1.29, 1.82) is 0 Å². The molecule has 0 spiro atoms. The molecule has 7 nitrogen and oxygen atoms in total. The van der Waals surface area contributed by atoms with Crippen molar-refractivity contribution in [2.75, 3.05) is 16.8 Å². The van der Waals surface area contributed by atoms with E-state index >= 15 is 0 Å². The van der Waals surface area contributed by atoms with E-state index in [9.17, 15) is 4.79 Å². The molecule has 1 aromatic heterocycles. The Hall–Kier alpha value is -2.83. The van der Waals surface area contributed by atoms with Gasteiger partial charge in [0.15, 0.2) is 11.6 Å². The van der Waals surface area contributed by atoms with Crippen molar-refractivity contribution < 1.29 is 4.79 Å². The summed E-state index contributed by atoms with van der Waals surface area (Å²) in [6.07, 6.45) is 1.31. The second-order valence-electron chi connectivity index (χ2n) is 3.59. The van der Waals surface area contributed by atoms with E-state index in [1.807, 2.05) is 0 Å². The average molecular weight is 244 g/mol. The Balaban J connectivity index is 2.24. The van der Waals surface area contributed by atoms with Crippen molar-refractivity contribution in [2.45, 2.75) is 0 Å². The van der Waals surface area contributed by atoms with Gasteiger partial charge in [-0.25, -0.2) is 9.97 Å². The van der Waals surface area contributed by atoms with Gasteiger partial charge in [-0.1, -0.05) is 0 Å². The molecular weight excluding hydrogens is 232 g/mol. The van der Waals surface area contributed by atoms with Gasteiger partial charge in [-0.3, -0.25) is 4.79 Å². The highest BCUT2D eigenvalue weighted by atomic mass is 16.1. The van der Waals surface area contributed by atoms with Crippen LogP contribution in [-0.4, -0.2) is 15.9 Å². The number of carbonyl (C=O) groups is 1. The van der Waals surface area contributed by atoms with Gasteiger partial charge < -0.3 is 22.5 Å². The minimum atomic E-state index is -0.479. The van der Waals surface area contributed by atoms with E-state index < -0.39 is 5.91 Å².